The SMILES string of the molecule is COc1ccc(CCNC(=O)c2ccc3c(c2)OCCCO3)cc1. The number of amides is 1. The Kier molecular flexibility index (Phi) is 5.21. The van der Waals surface area contributed by atoms with Crippen molar-refractivity contribution in [2.24, 2.45) is 0 Å². The van der Waals surface area contributed by atoms with E-state index in [1.54, 1.807) is 25.3 Å². The van der Waals surface area contributed by atoms with Gasteiger partial charge in [0.2, 0.25) is 0 Å². The predicted octanol–water partition coefficient (Wildman–Crippen LogP) is 2.83. The Bertz CT molecular complexity index is 697. The smallest absolute Gasteiger partial charge is 0.251 e. The lowest BCUT2D eigenvalue weighted by atomic mass is 10.1. The standard InChI is InChI=1S/C19H21NO4/c1-22-16-6-3-14(4-7-16)9-10-20-19(21)15-5-8-17-18(13-15)24-12-2-11-23-17/h3-8,13H,2,9-12H2,1H3,(H,20,21). The van der Waals surface area contributed by atoms with E-state index in [0.717, 1.165) is 24.2 Å². The predicted molar refractivity (Wildman–Crippen MR) is 91.1 cm³/mol. The van der Waals surface area contributed by atoms with E-state index in [2.05, 4.69) is 5.32 Å². The molecular weight excluding hydrogens is 306 g/mol. The summed E-state index contributed by atoms with van der Waals surface area (Å²) in [5.41, 5.74) is 1.73. The highest BCUT2D eigenvalue weighted by Gasteiger charge is 2.13. The number of benzene rings is 2. The number of methoxy groups -OCH3 is 1. The molecular formula is C19H21NO4. The maximum absolute atomic E-state index is 12.3. The van der Waals surface area contributed by atoms with E-state index in [9.17, 15) is 4.79 Å². The minimum Gasteiger partial charge on any atom is -0.497 e. The van der Waals surface area contributed by atoms with Gasteiger partial charge in [0, 0.05) is 18.5 Å². The van der Waals surface area contributed by atoms with Gasteiger partial charge >= 0.3 is 0 Å². The van der Waals surface area contributed by atoms with Crippen molar-refractivity contribution in [3.63, 3.8) is 0 Å². The van der Waals surface area contributed by atoms with E-state index in [0.29, 0.717) is 36.8 Å². The van der Waals surface area contributed by atoms with E-state index in [-0.39, 0.29) is 5.91 Å². The second kappa shape index (κ2) is 7.73. The van der Waals surface area contributed by atoms with Gasteiger partial charge in [0.1, 0.15) is 5.75 Å². The minimum atomic E-state index is -0.112. The zero-order valence-electron chi connectivity index (χ0n) is 13.7. The number of nitrogens with one attached hydrogen (secondary N) is 1. The van der Waals surface area contributed by atoms with Crippen LogP contribution in [-0.2, 0) is 6.42 Å². The molecule has 0 unspecified atom stereocenters. The molecule has 0 atom stereocenters. The molecule has 3 rings (SSSR count). The largest absolute Gasteiger partial charge is 0.497 e. The summed E-state index contributed by atoms with van der Waals surface area (Å²) in [6.07, 6.45) is 1.61. The summed E-state index contributed by atoms with van der Waals surface area (Å²) in [7, 11) is 1.64. The summed E-state index contributed by atoms with van der Waals surface area (Å²) in [5.74, 6) is 2.05. The maximum atomic E-state index is 12.3. The Labute approximate surface area is 141 Å². The Hall–Kier alpha value is -2.69. The molecule has 2 aromatic rings. The van der Waals surface area contributed by atoms with Crippen LogP contribution in [-0.4, -0.2) is 32.8 Å². The summed E-state index contributed by atoms with van der Waals surface area (Å²) < 4.78 is 16.3. The fourth-order valence-corrected chi connectivity index (χ4v) is 2.52. The van der Waals surface area contributed by atoms with E-state index in [1.165, 1.54) is 0 Å². The Balaban J connectivity index is 1.55. The first kappa shape index (κ1) is 16.2. The minimum absolute atomic E-state index is 0.112. The molecule has 0 spiro atoms. The fourth-order valence-electron chi connectivity index (χ4n) is 2.52. The number of carbonyl (C=O) groups excluding carboxylic acids is 1. The highest BCUT2D eigenvalue weighted by molar-refractivity contribution is 5.94. The molecule has 0 bridgehead atoms. The van der Waals surface area contributed by atoms with Gasteiger partial charge in [0.15, 0.2) is 11.5 Å². The van der Waals surface area contributed by atoms with Gasteiger partial charge in [-0.2, -0.15) is 0 Å². The van der Waals surface area contributed by atoms with Crippen molar-refractivity contribution in [2.45, 2.75) is 12.8 Å². The molecule has 0 saturated heterocycles. The van der Waals surface area contributed by atoms with Gasteiger partial charge < -0.3 is 19.5 Å². The molecule has 2 aromatic carbocycles. The molecule has 126 valence electrons. The van der Waals surface area contributed by atoms with Crippen LogP contribution in [0.4, 0.5) is 0 Å². The first-order valence-corrected chi connectivity index (χ1v) is 8.07. The number of ether oxygens (including phenoxy) is 3. The number of carbonyl (C=O) groups is 1. The molecule has 0 aliphatic carbocycles. The molecule has 24 heavy (non-hydrogen) atoms. The highest BCUT2D eigenvalue weighted by Crippen LogP contribution is 2.30. The summed E-state index contributed by atoms with van der Waals surface area (Å²) in [4.78, 5) is 12.3. The van der Waals surface area contributed by atoms with Crippen LogP contribution >= 0.6 is 0 Å². The third-order valence-electron chi connectivity index (χ3n) is 3.87. The van der Waals surface area contributed by atoms with Crippen molar-refractivity contribution in [3.8, 4) is 17.2 Å². The lowest BCUT2D eigenvalue weighted by Gasteiger charge is -2.10. The van der Waals surface area contributed by atoms with Gasteiger partial charge in [0.05, 0.1) is 20.3 Å². The monoisotopic (exact) mass is 327 g/mol. The normalized spacial score (nSPS) is 13.0. The van der Waals surface area contributed by atoms with Crippen molar-refractivity contribution in [1.82, 2.24) is 5.32 Å². The van der Waals surface area contributed by atoms with Gasteiger partial charge in [-0.25, -0.2) is 0 Å². The van der Waals surface area contributed by atoms with Crippen LogP contribution in [0.15, 0.2) is 42.5 Å². The average Bonchev–Trinajstić information content (AvgIpc) is 2.87. The van der Waals surface area contributed by atoms with Crippen molar-refractivity contribution in [2.75, 3.05) is 26.9 Å². The molecule has 0 radical (unpaired) electrons. The van der Waals surface area contributed by atoms with Gasteiger partial charge in [-0.1, -0.05) is 12.1 Å². The Morgan fingerprint density at radius 1 is 1.08 bits per heavy atom. The van der Waals surface area contributed by atoms with E-state index < -0.39 is 0 Å². The molecule has 5 heteroatoms. The van der Waals surface area contributed by atoms with Gasteiger partial charge in [-0.15, -0.1) is 0 Å². The molecule has 0 fully saturated rings. The van der Waals surface area contributed by atoms with Crippen LogP contribution in [0.2, 0.25) is 0 Å². The molecule has 1 amide bonds. The van der Waals surface area contributed by atoms with Crippen molar-refractivity contribution in [1.29, 1.82) is 0 Å². The lowest BCUT2D eigenvalue weighted by molar-refractivity contribution is 0.0953. The van der Waals surface area contributed by atoms with Crippen LogP contribution in [0.3, 0.4) is 0 Å². The number of hydrogen-bond donors (Lipinski definition) is 1. The Morgan fingerprint density at radius 3 is 2.58 bits per heavy atom. The zero-order chi connectivity index (χ0) is 16.8. The molecule has 0 aromatic heterocycles. The van der Waals surface area contributed by atoms with E-state index >= 15 is 0 Å². The molecule has 1 N–H and O–H groups in total. The van der Waals surface area contributed by atoms with Crippen molar-refractivity contribution >= 4 is 5.91 Å². The van der Waals surface area contributed by atoms with Crippen LogP contribution in [0.1, 0.15) is 22.3 Å². The van der Waals surface area contributed by atoms with Gasteiger partial charge in [-0.05, 0) is 42.3 Å². The third kappa shape index (κ3) is 3.98. The van der Waals surface area contributed by atoms with Crippen LogP contribution in [0.25, 0.3) is 0 Å². The summed E-state index contributed by atoms with van der Waals surface area (Å²) >= 11 is 0. The number of rotatable bonds is 5. The molecule has 1 aliphatic heterocycles. The molecule has 1 heterocycles. The van der Waals surface area contributed by atoms with E-state index in [4.69, 9.17) is 14.2 Å². The van der Waals surface area contributed by atoms with Crippen molar-refractivity contribution in [3.05, 3.63) is 53.6 Å². The topological polar surface area (TPSA) is 56.8 Å². The summed E-state index contributed by atoms with van der Waals surface area (Å²) in [6.45, 7) is 1.82. The van der Waals surface area contributed by atoms with Crippen LogP contribution in [0.5, 0.6) is 17.2 Å². The van der Waals surface area contributed by atoms with Crippen LogP contribution < -0.4 is 19.5 Å². The first-order chi connectivity index (χ1) is 11.8. The molecule has 5 nitrogen and oxygen atoms in total. The second-order valence-corrected chi connectivity index (χ2v) is 5.57. The van der Waals surface area contributed by atoms with Crippen molar-refractivity contribution < 1.29 is 19.0 Å². The summed E-state index contributed by atoms with van der Waals surface area (Å²) in [6, 6.07) is 13.1. The van der Waals surface area contributed by atoms with Gasteiger partial charge in [0.25, 0.3) is 5.91 Å². The quantitative estimate of drug-likeness (QED) is 0.917. The molecule has 1 aliphatic rings. The third-order valence-corrected chi connectivity index (χ3v) is 3.87. The Morgan fingerprint density at radius 2 is 1.83 bits per heavy atom. The maximum Gasteiger partial charge on any atom is 0.251 e. The zero-order valence-corrected chi connectivity index (χ0v) is 13.7. The second-order valence-electron chi connectivity index (χ2n) is 5.57. The highest BCUT2D eigenvalue weighted by atomic mass is 16.5. The first-order valence-electron chi connectivity index (χ1n) is 8.07. The number of fused-ring (bicyclic) bond motifs is 1. The fraction of sp³-hybridized carbons (Fsp3) is 0.316. The number of hydrogen-bond acceptors (Lipinski definition) is 4. The van der Waals surface area contributed by atoms with Gasteiger partial charge in [-0.3, -0.25) is 4.79 Å². The van der Waals surface area contributed by atoms with E-state index in [1.807, 2.05) is 24.3 Å². The average molecular weight is 327 g/mol. The molecule has 0 saturated carbocycles. The van der Waals surface area contributed by atoms with Crippen LogP contribution in [0, 0.1) is 0 Å². The lowest BCUT2D eigenvalue weighted by Crippen LogP contribution is -2.25. The summed E-state index contributed by atoms with van der Waals surface area (Å²) in [5, 5.41) is 2.93.